The third-order valence-electron chi connectivity index (χ3n) is 3.63. The molecule has 6 nitrogen and oxygen atoms in total. The number of esters is 1. The molecule has 0 unspecified atom stereocenters. The maximum Gasteiger partial charge on any atom is 0.331 e. The van der Waals surface area contributed by atoms with Gasteiger partial charge in [0.25, 0.3) is 5.91 Å². The highest BCUT2D eigenvalue weighted by atomic mass is 35.5. The molecule has 0 fully saturated rings. The van der Waals surface area contributed by atoms with Crippen LogP contribution >= 0.6 is 23.2 Å². The van der Waals surface area contributed by atoms with Crippen LogP contribution in [-0.4, -0.2) is 25.3 Å². The summed E-state index contributed by atoms with van der Waals surface area (Å²) >= 11 is 11.8. The van der Waals surface area contributed by atoms with E-state index in [9.17, 15) is 9.59 Å². The van der Waals surface area contributed by atoms with Crippen LogP contribution in [0.3, 0.4) is 0 Å². The van der Waals surface area contributed by atoms with Gasteiger partial charge in [0, 0.05) is 22.7 Å². The zero-order chi connectivity index (χ0) is 19.2. The van der Waals surface area contributed by atoms with Crippen LogP contribution in [0.4, 0.5) is 0 Å². The van der Waals surface area contributed by atoms with Gasteiger partial charge < -0.3 is 19.5 Å². The lowest BCUT2D eigenvalue weighted by atomic mass is 10.2. The van der Waals surface area contributed by atoms with Crippen LogP contribution in [0.2, 0.25) is 10.0 Å². The van der Waals surface area contributed by atoms with Crippen molar-refractivity contribution < 1.29 is 23.8 Å². The smallest absolute Gasteiger partial charge is 0.331 e. The summed E-state index contributed by atoms with van der Waals surface area (Å²) in [4.78, 5) is 23.5. The normalized spacial score (nSPS) is 12.2. The molecule has 27 heavy (non-hydrogen) atoms. The Morgan fingerprint density at radius 3 is 2.74 bits per heavy atom. The zero-order valence-electron chi connectivity index (χ0n) is 14.0. The van der Waals surface area contributed by atoms with Gasteiger partial charge in [0.2, 0.25) is 6.79 Å². The highest BCUT2D eigenvalue weighted by molar-refractivity contribution is 6.35. The van der Waals surface area contributed by atoms with Crippen molar-refractivity contribution in [2.45, 2.75) is 6.54 Å². The Bertz CT molecular complexity index is 898. The molecule has 1 heterocycles. The first kappa shape index (κ1) is 19.1. The van der Waals surface area contributed by atoms with Crippen LogP contribution in [0, 0.1) is 0 Å². The molecule has 2 aromatic carbocycles. The number of fused-ring (bicyclic) bond motifs is 1. The van der Waals surface area contributed by atoms with Gasteiger partial charge in [0.1, 0.15) is 0 Å². The van der Waals surface area contributed by atoms with Crippen molar-refractivity contribution in [2.75, 3.05) is 13.4 Å². The van der Waals surface area contributed by atoms with Crippen LogP contribution in [0.25, 0.3) is 6.08 Å². The van der Waals surface area contributed by atoms with Crippen LogP contribution in [0.1, 0.15) is 11.1 Å². The number of hydrogen-bond acceptors (Lipinski definition) is 5. The van der Waals surface area contributed by atoms with E-state index in [1.165, 1.54) is 12.2 Å². The molecule has 1 N–H and O–H groups in total. The summed E-state index contributed by atoms with van der Waals surface area (Å²) in [6, 6.07) is 10.3. The van der Waals surface area contributed by atoms with Gasteiger partial charge in [-0.3, -0.25) is 4.79 Å². The van der Waals surface area contributed by atoms with Crippen molar-refractivity contribution in [3.63, 3.8) is 0 Å². The van der Waals surface area contributed by atoms with E-state index in [-0.39, 0.29) is 19.9 Å². The van der Waals surface area contributed by atoms with Gasteiger partial charge >= 0.3 is 5.97 Å². The number of carbonyl (C=O) groups excluding carboxylic acids is 2. The molecule has 2 aromatic rings. The van der Waals surface area contributed by atoms with Gasteiger partial charge in [-0.1, -0.05) is 35.3 Å². The summed E-state index contributed by atoms with van der Waals surface area (Å²) in [6.45, 7) is 0.0845. The molecule has 3 rings (SSSR count). The van der Waals surface area contributed by atoms with Crippen LogP contribution in [0.15, 0.2) is 42.5 Å². The quantitative estimate of drug-likeness (QED) is 0.584. The number of halogens is 2. The molecule has 0 atom stereocenters. The minimum absolute atomic E-state index is 0.190. The third-order valence-corrected chi connectivity index (χ3v) is 4.20. The molecular weight excluding hydrogens is 393 g/mol. The summed E-state index contributed by atoms with van der Waals surface area (Å²) in [5.74, 6) is 0.240. The highest BCUT2D eigenvalue weighted by Crippen LogP contribution is 2.32. The second kappa shape index (κ2) is 8.79. The predicted octanol–water partition coefficient (Wildman–Crippen LogP) is 3.59. The monoisotopic (exact) mass is 407 g/mol. The standard InChI is InChI=1S/C19H15Cl2NO5/c20-14-4-2-13(15(21)8-14)3-6-19(24)25-10-18(23)22-9-12-1-5-16-17(7-12)27-11-26-16/h1-8H,9-11H2,(H,22,23)/b6-3+. The maximum absolute atomic E-state index is 11.8. The Balaban J connectivity index is 1.43. The first-order chi connectivity index (χ1) is 13.0. The van der Waals surface area contributed by atoms with E-state index in [1.54, 1.807) is 30.3 Å². The highest BCUT2D eigenvalue weighted by Gasteiger charge is 2.13. The van der Waals surface area contributed by atoms with Crippen LogP contribution < -0.4 is 14.8 Å². The zero-order valence-corrected chi connectivity index (χ0v) is 15.5. The van der Waals surface area contributed by atoms with Gasteiger partial charge in [-0.25, -0.2) is 4.79 Å². The summed E-state index contributed by atoms with van der Waals surface area (Å²) in [6.07, 6.45) is 2.69. The average molecular weight is 408 g/mol. The molecule has 8 heteroatoms. The lowest BCUT2D eigenvalue weighted by Gasteiger charge is -2.06. The largest absolute Gasteiger partial charge is 0.454 e. The maximum atomic E-state index is 11.8. The number of hydrogen-bond donors (Lipinski definition) is 1. The van der Waals surface area contributed by atoms with Crippen molar-refractivity contribution in [3.05, 3.63) is 63.6 Å². The molecule has 0 aromatic heterocycles. The average Bonchev–Trinajstić information content (AvgIpc) is 3.11. The van der Waals surface area contributed by atoms with E-state index in [0.29, 0.717) is 27.1 Å². The number of carbonyl (C=O) groups is 2. The van der Waals surface area contributed by atoms with Crippen molar-refractivity contribution in [2.24, 2.45) is 0 Å². The SMILES string of the molecule is O=C(COC(=O)/C=C/c1ccc(Cl)cc1Cl)NCc1ccc2c(c1)OCO2. The molecule has 140 valence electrons. The van der Waals surface area contributed by atoms with Crippen molar-refractivity contribution in [1.82, 2.24) is 5.32 Å². The van der Waals surface area contributed by atoms with Gasteiger partial charge in [-0.15, -0.1) is 0 Å². The third kappa shape index (κ3) is 5.39. The number of rotatable bonds is 6. The Kier molecular flexibility index (Phi) is 6.21. The fourth-order valence-corrected chi connectivity index (χ4v) is 2.75. The van der Waals surface area contributed by atoms with Crippen molar-refractivity contribution in [1.29, 1.82) is 0 Å². The summed E-state index contributed by atoms with van der Waals surface area (Å²) in [7, 11) is 0. The molecule has 0 spiro atoms. The number of benzene rings is 2. The van der Waals surface area contributed by atoms with Gasteiger partial charge in [0.05, 0.1) is 0 Å². The fourth-order valence-electron chi connectivity index (χ4n) is 2.28. The Hall–Kier alpha value is -2.70. The first-order valence-electron chi connectivity index (χ1n) is 7.96. The minimum Gasteiger partial charge on any atom is -0.454 e. The molecule has 1 aliphatic rings. The van der Waals surface area contributed by atoms with E-state index in [2.05, 4.69) is 5.32 Å². The molecule has 0 radical (unpaired) electrons. The molecule has 1 aliphatic heterocycles. The molecule has 0 aliphatic carbocycles. The second-order valence-electron chi connectivity index (χ2n) is 5.57. The predicted molar refractivity (Wildman–Crippen MR) is 101 cm³/mol. The summed E-state index contributed by atoms with van der Waals surface area (Å²) in [5.41, 5.74) is 1.46. The first-order valence-corrected chi connectivity index (χ1v) is 8.72. The number of amides is 1. The van der Waals surface area contributed by atoms with Crippen molar-refractivity contribution in [3.8, 4) is 11.5 Å². The molecule has 0 bridgehead atoms. The van der Waals surface area contributed by atoms with E-state index in [4.69, 9.17) is 37.4 Å². The van der Waals surface area contributed by atoms with E-state index < -0.39 is 11.9 Å². The Morgan fingerprint density at radius 2 is 1.93 bits per heavy atom. The second-order valence-corrected chi connectivity index (χ2v) is 6.41. The number of ether oxygens (including phenoxy) is 3. The summed E-state index contributed by atoms with van der Waals surface area (Å²) < 4.78 is 15.4. The van der Waals surface area contributed by atoms with Gasteiger partial charge in [0.15, 0.2) is 18.1 Å². The molecule has 1 amide bonds. The van der Waals surface area contributed by atoms with Gasteiger partial charge in [-0.05, 0) is 41.5 Å². The lowest BCUT2D eigenvalue weighted by Crippen LogP contribution is -2.28. The topological polar surface area (TPSA) is 73.9 Å². The molecule has 0 saturated heterocycles. The lowest BCUT2D eigenvalue weighted by molar-refractivity contribution is -0.143. The molecular formula is C19H15Cl2NO5. The minimum atomic E-state index is -0.653. The van der Waals surface area contributed by atoms with Crippen LogP contribution in [-0.2, 0) is 20.9 Å². The van der Waals surface area contributed by atoms with Crippen molar-refractivity contribution >= 4 is 41.2 Å². The van der Waals surface area contributed by atoms with E-state index in [1.807, 2.05) is 6.07 Å². The summed E-state index contributed by atoms with van der Waals surface area (Å²) in [5, 5.41) is 3.57. The van der Waals surface area contributed by atoms with Crippen LogP contribution in [0.5, 0.6) is 11.5 Å². The van der Waals surface area contributed by atoms with Gasteiger partial charge in [-0.2, -0.15) is 0 Å². The Morgan fingerprint density at radius 1 is 1.11 bits per heavy atom. The number of nitrogens with one attached hydrogen (secondary N) is 1. The fraction of sp³-hybridized carbons (Fsp3) is 0.158. The molecule has 0 saturated carbocycles. The van der Waals surface area contributed by atoms with E-state index >= 15 is 0 Å². The van der Waals surface area contributed by atoms with E-state index in [0.717, 1.165) is 5.56 Å². The Labute approximate surface area is 165 Å².